The maximum Gasteiger partial charge on any atom is 0.434 e. The highest BCUT2D eigenvalue weighted by atomic mass is 35.5. The van der Waals surface area contributed by atoms with E-state index in [4.69, 9.17) is 21.4 Å². The number of ether oxygens (including phenoxy) is 1. The van der Waals surface area contributed by atoms with Crippen molar-refractivity contribution in [1.82, 2.24) is 29.1 Å². The first-order valence-electron chi connectivity index (χ1n) is 12.9. The van der Waals surface area contributed by atoms with Gasteiger partial charge in [0.15, 0.2) is 5.69 Å². The summed E-state index contributed by atoms with van der Waals surface area (Å²) in [5.41, 5.74) is 0.541. The normalized spacial score (nSPS) is 14.2. The number of benzene rings is 1. The zero-order valence-corrected chi connectivity index (χ0v) is 23.4. The lowest BCUT2D eigenvalue weighted by Gasteiger charge is -2.29. The maximum absolute atomic E-state index is 15.3. The van der Waals surface area contributed by atoms with E-state index >= 15 is 4.39 Å². The summed E-state index contributed by atoms with van der Waals surface area (Å²) in [7, 11) is 1.63. The van der Waals surface area contributed by atoms with Gasteiger partial charge in [0.2, 0.25) is 0 Å². The van der Waals surface area contributed by atoms with Gasteiger partial charge in [-0.1, -0.05) is 17.7 Å². The van der Waals surface area contributed by atoms with Crippen LogP contribution < -0.4 is 4.90 Å². The molecule has 0 aliphatic carbocycles. The van der Waals surface area contributed by atoms with Crippen molar-refractivity contribution in [2.45, 2.75) is 58.5 Å². The van der Waals surface area contributed by atoms with Crippen LogP contribution in [0.5, 0.6) is 0 Å². The van der Waals surface area contributed by atoms with Gasteiger partial charge < -0.3 is 14.2 Å². The molecule has 0 atom stereocenters. The van der Waals surface area contributed by atoms with Gasteiger partial charge in [-0.2, -0.15) is 23.4 Å². The molecule has 4 heterocycles. The van der Waals surface area contributed by atoms with Crippen LogP contribution in [0.2, 0.25) is 5.02 Å². The average molecular weight is 580 g/mol. The average Bonchev–Trinajstić information content (AvgIpc) is 3.60. The number of aryl methyl sites for hydroxylation is 2. The van der Waals surface area contributed by atoms with Crippen molar-refractivity contribution in [3.05, 3.63) is 58.8 Å². The fraction of sp³-hybridized carbons (Fsp3) is 0.444. The van der Waals surface area contributed by atoms with Crippen LogP contribution in [0.1, 0.15) is 38.4 Å². The number of hydrogen-bond donors (Lipinski definition) is 0. The number of aromatic nitrogens is 6. The molecule has 40 heavy (non-hydrogen) atoms. The van der Waals surface area contributed by atoms with Crippen molar-refractivity contribution in [2.75, 3.05) is 25.2 Å². The first-order chi connectivity index (χ1) is 18.9. The number of hydrogen-bond acceptors (Lipinski definition) is 5. The molecular weight excluding hydrogens is 550 g/mol. The van der Waals surface area contributed by atoms with E-state index in [1.807, 2.05) is 29.3 Å². The topological polar surface area (TPSA) is 65.9 Å². The second kappa shape index (κ2) is 10.5. The minimum absolute atomic E-state index is 0.0219. The summed E-state index contributed by atoms with van der Waals surface area (Å²) in [4.78, 5) is 5.77. The summed E-state index contributed by atoms with van der Waals surface area (Å²) in [6.45, 7) is 8.17. The Bertz CT molecular complexity index is 1520. The van der Waals surface area contributed by atoms with Crippen LogP contribution in [0.25, 0.3) is 22.8 Å². The van der Waals surface area contributed by atoms with E-state index in [2.05, 4.69) is 15.0 Å². The summed E-state index contributed by atoms with van der Waals surface area (Å²) < 4.78 is 65.3. The summed E-state index contributed by atoms with van der Waals surface area (Å²) in [6.07, 6.45) is -1.27. The Hall–Kier alpha value is -3.38. The molecule has 0 fully saturated rings. The molecule has 1 aliphatic heterocycles. The molecule has 0 amide bonds. The third-order valence-electron chi connectivity index (χ3n) is 6.97. The van der Waals surface area contributed by atoms with Gasteiger partial charge in [-0.25, -0.2) is 14.1 Å². The summed E-state index contributed by atoms with van der Waals surface area (Å²) >= 11 is 6.55. The molecule has 0 spiro atoms. The van der Waals surface area contributed by atoms with Crippen LogP contribution in [0.15, 0.2) is 36.7 Å². The monoisotopic (exact) mass is 579 g/mol. The molecule has 3 aromatic heterocycles. The molecule has 0 saturated heterocycles. The van der Waals surface area contributed by atoms with E-state index in [0.29, 0.717) is 41.7 Å². The Morgan fingerprint density at radius 1 is 1.12 bits per heavy atom. The van der Waals surface area contributed by atoms with E-state index < -0.39 is 23.2 Å². The number of rotatable bonds is 8. The van der Waals surface area contributed by atoms with E-state index in [9.17, 15) is 13.2 Å². The molecule has 214 valence electrons. The molecule has 0 saturated carbocycles. The van der Waals surface area contributed by atoms with Crippen molar-refractivity contribution in [1.29, 1.82) is 0 Å². The third-order valence-corrected chi connectivity index (χ3v) is 7.25. The first-order valence-corrected chi connectivity index (χ1v) is 13.3. The molecule has 0 N–H and O–H groups in total. The molecule has 0 radical (unpaired) electrons. The highest BCUT2D eigenvalue weighted by Gasteiger charge is 2.35. The molecular formula is C27H30ClF4N7O. The van der Waals surface area contributed by atoms with E-state index in [0.717, 1.165) is 25.0 Å². The lowest BCUT2D eigenvalue weighted by molar-refractivity contribution is -0.140. The summed E-state index contributed by atoms with van der Waals surface area (Å²) in [5.74, 6) is 0.175. The Morgan fingerprint density at radius 2 is 1.90 bits per heavy atom. The lowest BCUT2D eigenvalue weighted by Crippen LogP contribution is -2.33. The standard InChI is InChI=1S/C27H30ClF4N7O/c1-5-36-15-22(27(30,31)32)34-25(36)18-8-7-17(11-20(18)29)14-37-9-6-10-38-23(37)12-21(35-38)24-19(28)13-33-39(24)26(2,3)16-40-4/h7-8,11-13,15H,5-6,9-10,14,16H2,1-4H3. The zero-order chi connectivity index (χ0) is 28.8. The van der Waals surface area contributed by atoms with Crippen molar-refractivity contribution in [2.24, 2.45) is 0 Å². The molecule has 1 aliphatic rings. The van der Waals surface area contributed by atoms with Crippen LogP contribution >= 0.6 is 11.6 Å². The molecule has 4 aromatic rings. The van der Waals surface area contributed by atoms with Crippen LogP contribution in [-0.2, 0) is 36.1 Å². The largest absolute Gasteiger partial charge is 0.434 e. The second-order valence-electron chi connectivity index (χ2n) is 10.4. The SMILES string of the molecule is CCn1cc(C(F)(F)F)nc1-c1ccc(CN2CCCn3nc(-c4c(Cl)cnn4C(C)(C)COC)cc32)cc1F. The molecule has 1 aromatic carbocycles. The van der Waals surface area contributed by atoms with Gasteiger partial charge >= 0.3 is 6.18 Å². The second-order valence-corrected chi connectivity index (χ2v) is 10.8. The van der Waals surface area contributed by atoms with Gasteiger partial charge in [-0.15, -0.1) is 0 Å². The number of methoxy groups -OCH3 is 1. The van der Waals surface area contributed by atoms with Gasteiger partial charge in [0.25, 0.3) is 0 Å². The van der Waals surface area contributed by atoms with Crippen molar-refractivity contribution in [3.8, 4) is 22.8 Å². The Kier molecular flexibility index (Phi) is 7.43. The third kappa shape index (κ3) is 5.22. The van der Waals surface area contributed by atoms with E-state index in [-0.39, 0.29) is 17.9 Å². The van der Waals surface area contributed by atoms with Crippen LogP contribution in [-0.4, -0.2) is 49.4 Å². The molecule has 0 unspecified atom stereocenters. The summed E-state index contributed by atoms with van der Waals surface area (Å²) in [6, 6.07) is 6.51. The van der Waals surface area contributed by atoms with Crippen LogP contribution in [0, 0.1) is 5.82 Å². The summed E-state index contributed by atoms with van der Waals surface area (Å²) in [5, 5.41) is 9.76. The fourth-order valence-electron chi connectivity index (χ4n) is 5.13. The highest BCUT2D eigenvalue weighted by Crippen LogP contribution is 2.36. The first kappa shape index (κ1) is 28.2. The predicted octanol–water partition coefficient (Wildman–Crippen LogP) is 6.23. The van der Waals surface area contributed by atoms with Gasteiger partial charge in [0, 0.05) is 45.6 Å². The fourth-order valence-corrected chi connectivity index (χ4v) is 5.35. The van der Waals surface area contributed by atoms with Gasteiger partial charge in [0.1, 0.15) is 28.8 Å². The Morgan fingerprint density at radius 3 is 2.58 bits per heavy atom. The zero-order valence-electron chi connectivity index (χ0n) is 22.6. The number of fused-ring (bicyclic) bond motifs is 1. The minimum atomic E-state index is -4.61. The molecule has 8 nitrogen and oxygen atoms in total. The predicted molar refractivity (Wildman–Crippen MR) is 144 cm³/mol. The van der Waals surface area contributed by atoms with Crippen molar-refractivity contribution in [3.63, 3.8) is 0 Å². The maximum atomic E-state index is 15.3. The van der Waals surface area contributed by atoms with E-state index in [1.54, 1.807) is 26.3 Å². The lowest BCUT2D eigenvalue weighted by atomic mass is 10.1. The number of alkyl halides is 3. The number of imidazole rings is 1. The number of anilines is 1. The smallest absolute Gasteiger partial charge is 0.382 e. The van der Waals surface area contributed by atoms with Crippen LogP contribution in [0.3, 0.4) is 0 Å². The Labute approximate surface area is 234 Å². The van der Waals surface area contributed by atoms with Gasteiger partial charge in [-0.05, 0) is 44.9 Å². The number of halogens is 5. The van der Waals surface area contributed by atoms with Gasteiger partial charge in [0.05, 0.1) is 28.9 Å². The number of nitrogens with zero attached hydrogens (tertiary/aromatic N) is 7. The minimum Gasteiger partial charge on any atom is -0.382 e. The molecule has 0 bridgehead atoms. The molecule has 5 rings (SSSR count). The highest BCUT2D eigenvalue weighted by molar-refractivity contribution is 6.33. The van der Waals surface area contributed by atoms with Gasteiger partial charge in [-0.3, -0.25) is 4.68 Å². The quantitative estimate of drug-likeness (QED) is 0.231. The Balaban J connectivity index is 1.43. The van der Waals surface area contributed by atoms with Crippen molar-refractivity contribution < 1.29 is 22.3 Å². The van der Waals surface area contributed by atoms with E-state index in [1.165, 1.54) is 16.7 Å². The molecule has 13 heteroatoms. The van der Waals surface area contributed by atoms with Crippen LogP contribution in [0.4, 0.5) is 23.4 Å². The van der Waals surface area contributed by atoms with Crippen molar-refractivity contribution >= 4 is 17.4 Å².